The van der Waals surface area contributed by atoms with Crippen LogP contribution >= 0.6 is 0 Å². The molecule has 0 saturated carbocycles. The molecule has 1 unspecified atom stereocenters. The van der Waals surface area contributed by atoms with Gasteiger partial charge in [-0.15, -0.1) is 0 Å². The number of nitrogens with one attached hydrogen (secondary N) is 1. The van der Waals surface area contributed by atoms with Crippen LogP contribution < -0.4 is 14.8 Å². The van der Waals surface area contributed by atoms with Gasteiger partial charge in [0.1, 0.15) is 6.61 Å². The third kappa shape index (κ3) is 3.63. The quantitative estimate of drug-likeness (QED) is 0.822. The average molecular weight is 235 g/mol. The van der Waals surface area contributed by atoms with E-state index >= 15 is 0 Å². The lowest BCUT2D eigenvalue weighted by atomic mass is 10.2. The highest BCUT2D eigenvalue weighted by atomic mass is 16.5. The molecule has 1 aromatic carbocycles. The Morgan fingerprint density at radius 1 is 1.24 bits per heavy atom. The predicted molar refractivity (Wildman–Crippen MR) is 68.7 cm³/mol. The van der Waals surface area contributed by atoms with Gasteiger partial charge in [-0.3, -0.25) is 0 Å². The van der Waals surface area contributed by atoms with Crippen LogP contribution in [0.5, 0.6) is 11.5 Å². The molecule has 1 atom stereocenters. The highest BCUT2D eigenvalue weighted by Gasteiger charge is 2.15. The topological polar surface area (TPSA) is 30.5 Å². The Morgan fingerprint density at radius 3 is 2.65 bits per heavy atom. The van der Waals surface area contributed by atoms with Crippen molar-refractivity contribution in [1.29, 1.82) is 0 Å². The highest BCUT2D eigenvalue weighted by molar-refractivity contribution is 5.39. The first-order chi connectivity index (χ1) is 8.40. The van der Waals surface area contributed by atoms with Crippen LogP contribution in [0.2, 0.25) is 0 Å². The van der Waals surface area contributed by atoms with Crippen molar-refractivity contribution >= 4 is 0 Å². The van der Waals surface area contributed by atoms with Crippen molar-refractivity contribution in [2.75, 3.05) is 19.8 Å². The predicted octanol–water partition coefficient (Wildman–Crippen LogP) is 2.61. The second-order valence-electron chi connectivity index (χ2n) is 4.40. The first kappa shape index (κ1) is 12.2. The van der Waals surface area contributed by atoms with Gasteiger partial charge in [0.2, 0.25) is 0 Å². The number of hydrogen-bond acceptors (Lipinski definition) is 3. The first-order valence-corrected chi connectivity index (χ1v) is 6.48. The lowest BCUT2D eigenvalue weighted by Crippen LogP contribution is -2.28. The molecule has 1 saturated heterocycles. The van der Waals surface area contributed by atoms with Crippen molar-refractivity contribution in [3.8, 4) is 11.5 Å². The minimum Gasteiger partial charge on any atom is -0.490 e. The van der Waals surface area contributed by atoms with E-state index in [0.29, 0.717) is 6.04 Å². The maximum absolute atomic E-state index is 5.83. The van der Waals surface area contributed by atoms with Crippen molar-refractivity contribution in [3.05, 3.63) is 24.3 Å². The fraction of sp³-hybridized carbons (Fsp3) is 0.571. The summed E-state index contributed by atoms with van der Waals surface area (Å²) in [7, 11) is 0. The molecular weight excluding hydrogens is 214 g/mol. The van der Waals surface area contributed by atoms with Crippen molar-refractivity contribution in [2.24, 2.45) is 0 Å². The fourth-order valence-corrected chi connectivity index (χ4v) is 1.99. The Bertz CT molecular complexity index is 335. The second-order valence-corrected chi connectivity index (χ2v) is 4.40. The van der Waals surface area contributed by atoms with Crippen LogP contribution in [0.15, 0.2) is 24.3 Å². The van der Waals surface area contributed by atoms with Gasteiger partial charge in [0.25, 0.3) is 0 Å². The van der Waals surface area contributed by atoms with Crippen LogP contribution in [0.4, 0.5) is 0 Å². The SMILES string of the molecule is CCCOc1ccccc1OCC1CCCN1. The zero-order valence-electron chi connectivity index (χ0n) is 10.4. The van der Waals surface area contributed by atoms with Gasteiger partial charge < -0.3 is 14.8 Å². The molecule has 1 aliphatic heterocycles. The van der Waals surface area contributed by atoms with Crippen LogP contribution in [0.3, 0.4) is 0 Å². The Kier molecular flexibility index (Phi) is 4.68. The van der Waals surface area contributed by atoms with Crippen LogP contribution in [0.1, 0.15) is 26.2 Å². The average Bonchev–Trinajstić information content (AvgIpc) is 2.88. The summed E-state index contributed by atoms with van der Waals surface area (Å²) in [5.41, 5.74) is 0. The Morgan fingerprint density at radius 2 is 2.00 bits per heavy atom. The van der Waals surface area contributed by atoms with E-state index in [0.717, 1.165) is 37.7 Å². The van der Waals surface area contributed by atoms with E-state index in [1.807, 2.05) is 24.3 Å². The van der Waals surface area contributed by atoms with E-state index in [-0.39, 0.29) is 0 Å². The van der Waals surface area contributed by atoms with Crippen LogP contribution in [-0.2, 0) is 0 Å². The monoisotopic (exact) mass is 235 g/mol. The molecule has 0 bridgehead atoms. The van der Waals surface area contributed by atoms with E-state index in [4.69, 9.17) is 9.47 Å². The molecule has 1 aliphatic rings. The van der Waals surface area contributed by atoms with E-state index < -0.39 is 0 Å². The number of ether oxygens (including phenoxy) is 2. The highest BCUT2D eigenvalue weighted by Crippen LogP contribution is 2.26. The van der Waals surface area contributed by atoms with Crippen molar-refractivity contribution < 1.29 is 9.47 Å². The van der Waals surface area contributed by atoms with Crippen LogP contribution in [0, 0.1) is 0 Å². The summed E-state index contributed by atoms with van der Waals surface area (Å²) < 4.78 is 11.5. The number of hydrogen-bond donors (Lipinski definition) is 1. The molecule has 94 valence electrons. The van der Waals surface area contributed by atoms with Gasteiger partial charge in [0.15, 0.2) is 11.5 Å². The van der Waals surface area contributed by atoms with Gasteiger partial charge in [0, 0.05) is 6.04 Å². The molecule has 0 radical (unpaired) electrons. The summed E-state index contributed by atoms with van der Waals surface area (Å²) in [5.74, 6) is 1.71. The maximum Gasteiger partial charge on any atom is 0.161 e. The van der Waals surface area contributed by atoms with Gasteiger partial charge in [-0.1, -0.05) is 19.1 Å². The van der Waals surface area contributed by atoms with Crippen LogP contribution in [0.25, 0.3) is 0 Å². The number of benzene rings is 1. The van der Waals surface area contributed by atoms with Gasteiger partial charge in [-0.05, 0) is 37.9 Å². The van der Waals surface area contributed by atoms with Crippen LogP contribution in [-0.4, -0.2) is 25.8 Å². The Balaban J connectivity index is 1.89. The minimum absolute atomic E-state index is 0.495. The molecule has 3 nitrogen and oxygen atoms in total. The molecule has 17 heavy (non-hydrogen) atoms. The zero-order valence-corrected chi connectivity index (χ0v) is 10.4. The molecule has 1 heterocycles. The molecule has 0 aliphatic carbocycles. The smallest absolute Gasteiger partial charge is 0.161 e. The lowest BCUT2D eigenvalue weighted by Gasteiger charge is -2.15. The molecule has 0 amide bonds. The molecule has 3 heteroatoms. The lowest BCUT2D eigenvalue weighted by molar-refractivity contribution is 0.248. The summed E-state index contributed by atoms with van der Waals surface area (Å²) in [4.78, 5) is 0. The summed E-state index contributed by atoms with van der Waals surface area (Å²) in [6, 6.07) is 8.39. The van der Waals surface area contributed by atoms with E-state index in [2.05, 4.69) is 12.2 Å². The second kappa shape index (κ2) is 6.50. The molecule has 0 spiro atoms. The molecule has 1 fully saturated rings. The Hall–Kier alpha value is -1.22. The molecule has 1 aromatic rings. The normalized spacial score (nSPS) is 19.2. The standard InChI is InChI=1S/C14H21NO2/c1-2-10-16-13-7-3-4-8-14(13)17-11-12-6-5-9-15-12/h3-4,7-8,12,15H,2,5-6,9-11H2,1H3. The number of rotatable bonds is 6. The minimum atomic E-state index is 0.495. The number of para-hydroxylation sites is 2. The molecule has 2 rings (SSSR count). The maximum atomic E-state index is 5.83. The van der Waals surface area contributed by atoms with Gasteiger partial charge >= 0.3 is 0 Å². The van der Waals surface area contributed by atoms with Crippen molar-refractivity contribution in [1.82, 2.24) is 5.32 Å². The molecule has 1 N–H and O–H groups in total. The van der Waals surface area contributed by atoms with Gasteiger partial charge in [0.05, 0.1) is 6.61 Å². The van der Waals surface area contributed by atoms with E-state index in [1.54, 1.807) is 0 Å². The third-order valence-corrected chi connectivity index (χ3v) is 2.91. The Labute approximate surface area is 103 Å². The first-order valence-electron chi connectivity index (χ1n) is 6.48. The van der Waals surface area contributed by atoms with Crippen molar-refractivity contribution in [3.63, 3.8) is 0 Å². The summed E-state index contributed by atoms with van der Waals surface area (Å²) in [6.07, 6.45) is 3.47. The summed E-state index contributed by atoms with van der Waals surface area (Å²) in [6.45, 7) is 4.68. The fourth-order valence-electron chi connectivity index (χ4n) is 1.99. The summed E-state index contributed by atoms with van der Waals surface area (Å²) >= 11 is 0. The van der Waals surface area contributed by atoms with Gasteiger partial charge in [-0.25, -0.2) is 0 Å². The van der Waals surface area contributed by atoms with E-state index in [1.165, 1.54) is 12.8 Å². The zero-order chi connectivity index (χ0) is 11.9. The van der Waals surface area contributed by atoms with Crippen molar-refractivity contribution in [2.45, 2.75) is 32.2 Å². The largest absolute Gasteiger partial charge is 0.490 e. The summed E-state index contributed by atoms with van der Waals surface area (Å²) in [5, 5.41) is 3.42. The third-order valence-electron chi connectivity index (χ3n) is 2.91. The van der Waals surface area contributed by atoms with Gasteiger partial charge in [-0.2, -0.15) is 0 Å². The molecular formula is C14H21NO2. The van der Waals surface area contributed by atoms with E-state index in [9.17, 15) is 0 Å². The molecule has 0 aromatic heterocycles.